The van der Waals surface area contributed by atoms with Crippen LogP contribution in [0.25, 0.3) is 0 Å². The van der Waals surface area contributed by atoms with Crippen molar-refractivity contribution in [2.75, 3.05) is 13.2 Å². The summed E-state index contributed by atoms with van der Waals surface area (Å²) in [6.45, 7) is 6.47. The second-order valence-electron chi connectivity index (χ2n) is 9.34. The monoisotopic (exact) mass is 318 g/mol. The smallest absolute Gasteiger partial charge is 0.137 e. The van der Waals surface area contributed by atoms with Crippen molar-refractivity contribution in [3.8, 4) is 0 Å². The average molecular weight is 318 g/mol. The summed E-state index contributed by atoms with van der Waals surface area (Å²) in [7, 11) is 0. The molecule has 0 aliphatic heterocycles. The lowest BCUT2D eigenvalue weighted by Gasteiger charge is -2.63. The van der Waals surface area contributed by atoms with E-state index in [1.165, 1.54) is 18.4 Å². The molecule has 128 valence electrons. The molecule has 1 spiro atoms. The van der Waals surface area contributed by atoms with Gasteiger partial charge in [-0.2, -0.15) is 0 Å². The van der Waals surface area contributed by atoms with Crippen LogP contribution in [-0.4, -0.2) is 29.2 Å². The fourth-order valence-corrected chi connectivity index (χ4v) is 7.57. The zero-order valence-corrected chi connectivity index (χ0v) is 14.3. The number of aliphatic hydroxyl groups is 2. The lowest BCUT2D eigenvalue weighted by atomic mass is 9.40. The molecule has 5 atom stereocenters. The third kappa shape index (κ3) is 1.87. The van der Waals surface area contributed by atoms with Gasteiger partial charge in [0.15, 0.2) is 0 Å². The number of allylic oxidation sites excluding steroid dienone is 1. The zero-order valence-electron chi connectivity index (χ0n) is 14.3. The van der Waals surface area contributed by atoms with Crippen molar-refractivity contribution in [1.82, 2.24) is 0 Å². The number of hydrogen-bond donors (Lipinski definition) is 2. The van der Waals surface area contributed by atoms with Gasteiger partial charge in [-0.15, -0.1) is 0 Å². The summed E-state index contributed by atoms with van der Waals surface area (Å²) >= 11 is 0. The van der Waals surface area contributed by atoms with Crippen molar-refractivity contribution < 1.29 is 15.0 Å². The molecule has 0 radical (unpaired) electrons. The number of aliphatic hydroxyl groups excluding tert-OH is 2. The summed E-state index contributed by atoms with van der Waals surface area (Å²) in [6, 6.07) is 0. The second-order valence-corrected chi connectivity index (χ2v) is 9.34. The summed E-state index contributed by atoms with van der Waals surface area (Å²) in [4.78, 5) is 13.3. The van der Waals surface area contributed by atoms with E-state index in [-0.39, 0.29) is 30.0 Å². The van der Waals surface area contributed by atoms with Crippen LogP contribution in [0.1, 0.15) is 58.3 Å². The Labute approximate surface area is 139 Å². The third-order valence-corrected chi connectivity index (χ3v) is 8.29. The average Bonchev–Trinajstić information content (AvgIpc) is 2.75. The van der Waals surface area contributed by atoms with Gasteiger partial charge in [-0.1, -0.05) is 25.5 Å². The molecule has 0 aromatic rings. The van der Waals surface area contributed by atoms with Gasteiger partial charge < -0.3 is 10.2 Å². The zero-order chi connectivity index (χ0) is 16.5. The predicted octanol–water partition coefficient (Wildman–Crippen LogP) is 3.10. The highest BCUT2D eigenvalue weighted by atomic mass is 16.3. The van der Waals surface area contributed by atoms with Crippen molar-refractivity contribution in [2.45, 2.75) is 58.3 Å². The molecule has 4 saturated carbocycles. The molecule has 4 fully saturated rings. The van der Waals surface area contributed by atoms with E-state index in [1.807, 2.05) is 0 Å². The Bertz CT molecular complexity index is 549. The Morgan fingerprint density at radius 2 is 1.91 bits per heavy atom. The van der Waals surface area contributed by atoms with Gasteiger partial charge in [0.2, 0.25) is 0 Å². The predicted molar refractivity (Wildman–Crippen MR) is 88.7 cm³/mol. The minimum atomic E-state index is -0.599. The maximum atomic E-state index is 13.3. The first-order valence-corrected chi connectivity index (χ1v) is 9.33. The highest BCUT2D eigenvalue weighted by molar-refractivity contribution is 5.85. The first kappa shape index (κ1) is 15.8. The highest BCUT2D eigenvalue weighted by Gasteiger charge is 2.67. The SMILES string of the molecule is C=C1C[C@@]23CC(=O)[C@@H]4C(CO)(CO)CCC[C@]4(C)[C@H]2CC[C@H]1C3. The summed E-state index contributed by atoms with van der Waals surface area (Å²) in [5, 5.41) is 20.1. The molecule has 3 nitrogen and oxygen atoms in total. The minimum absolute atomic E-state index is 0.0609. The molecular weight excluding hydrogens is 288 g/mol. The number of rotatable bonds is 2. The normalized spacial score (nSPS) is 48.0. The van der Waals surface area contributed by atoms with Crippen LogP contribution in [0, 0.1) is 34.0 Å². The summed E-state index contributed by atoms with van der Waals surface area (Å²) in [5.41, 5.74) is 0.845. The quantitative estimate of drug-likeness (QED) is 0.769. The summed E-state index contributed by atoms with van der Waals surface area (Å²) in [6.07, 6.45) is 8.09. The third-order valence-electron chi connectivity index (χ3n) is 8.29. The van der Waals surface area contributed by atoms with Crippen LogP contribution >= 0.6 is 0 Å². The first-order valence-electron chi connectivity index (χ1n) is 9.33. The van der Waals surface area contributed by atoms with Crippen molar-refractivity contribution >= 4 is 5.78 Å². The van der Waals surface area contributed by atoms with E-state index in [0.717, 1.165) is 32.1 Å². The number of carbonyl (C=O) groups excluding carboxylic acids is 1. The number of ketones is 1. The lowest BCUT2D eigenvalue weighted by Crippen LogP contribution is -2.62. The second kappa shape index (κ2) is 4.92. The molecule has 4 aliphatic rings. The molecule has 0 heterocycles. The van der Waals surface area contributed by atoms with E-state index in [4.69, 9.17) is 0 Å². The molecule has 0 saturated heterocycles. The van der Waals surface area contributed by atoms with Crippen LogP contribution < -0.4 is 0 Å². The van der Waals surface area contributed by atoms with Crippen LogP contribution in [-0.2, 0) is 4.79 Å². The highest BCUT2D eigenvalue weighted by Crippen LogP contribution is 2.71. The van der Waals surface area contributed by atoms with Crippen molar-refractivity contribution in [1.29, 1.82) is 0 Å². The fraction of sp³-hybridized carbons (Fsp3) is 0.850. The lowest BCUT2D eigenvalue weighted by molar-refractivity contribution is -0.184. The Morgan fingerprint density at radius 1 is 1.17 bits per heavy atom. The number of hydrogen-bond acceptors (Lipinski definition) is 3. The van der Waals surface area contributed by atoms with Gasteiger partial charge in [-0.05, 0) is 61.2 Å². The Morgan fingerprint density at radius 3 is 2.61 bits per heavy atom. The molecule has 0 aromatic carbocycles. The molecule has 2 bridgehead atoms. The molecule has 23 heavy (non-hydrogen) atoms. The minimum Gasteiger partial charge on any atom is -0.396 e. The fourth-order valence-electron chi connectivity index (χ4n) is 7.57. The number of fused-ring (bicyclic) bond motifs is 3. The standard InChI is InChI=1S/C20H30O3/c1-13-8-20-9-14(13)4-5-16(20)18(2)6-3-7-19(11-21,12-22)17(18)15(23)10-20/h14,16-17,21-22H,1,3-12H2,2H3/t14-,16+,17-,18+,20+/m0/s1. The van der Waals surface area contributed by atoms with Gasteiger partial charge in [0.1, 0.15) is 5.78 Å². The molecule has 4 rings (SSSR count). The van der Waals surface area contributed by atoms with Crippen LogP contribution in [0.4, 0.5) is 0 Å². The molecule has 0 unspecified atom stereocenters. The topological polar surface area (TPSA) is 57.5 Å². The Kier molecular flexibility index (Phi) is 3.39. The van der Waals surface area contributed by atoms with Crippen LogP contribution in [0.2, 0.25) is 0 Å². The van der Waals surface area contributed by atoms with E-state index in [2.05, 4.69) is 13.5 Å². The summed E-state index contributed by atoms with van der Waals surface area (Å²) in [5.74, 6) is 1.32. The molecular formula is C20H30O3. The van der Waals surface area contributed by atoms with Gasteiger partial charge in [0.25, 0.3) is 0 Å². The maximum Gasteiger partial charge on any atom is 0.137 e. The molecule has 3 heteroatoms. The number of carbonyl (C=O) groups is 1. The van der Waals surface area contributed by atoms with Gasteiger partial charge in [-0.25, -0.2) is 0 Å². The van der Waals surface area contributed by atoms with Crippen LogP contribution in [0.15, 0.2) is 12.2 Å². The van der Waals surface area contributed by atoms with Gasteiger partial charge >= 0.3 is 0 Å². The molecule has 2 N–H and O–H groups in total. The van der Waals surface area contributed by atoms with E-state index < -0.39 is 5.41 Å². The van der Waals surface area contributed by atoms with E-state index in [9.17, 15) is 15.0 Å². The number of Topliss-reactive ketones (excluding diaryl/α,β-unsaturated/α-hetero) is 1. The van der Waals surface area contributed by atoms with E-state index in [1.54, 1.807) is 0 Å². The van der Waals surface area contributed by atoms with Gasteiger partial charge in [0.05, 0.1) is 13.2 Å². The van der Waals surface area contributed by atoms with Crippen molar-refractivity contribution in [3.05, 3.63) is 12.2 Å². The van der Waals surface area contributed by atoms with Gasteiger partial charge in [0, 0.05) is 17.8 Å². The van der Waals surface area contributed by atoms with Gasteiger partial charge in [-0.3, -0.25) is 4.79 Å². The summed E-state index contributed by atoms with van der Waals surface area (Å²) < 4.78 is 0. The first-order chi connectivity index (χ1) is 10.9. The maximum absolute atomic E-state index is 13.3. The Hall–Kier alpha value is -0.670. The van der Waals surface area contributed by atoms with Crippen molar-refractivity contribution in [2.24, 2.45) is 34.0 Å². The van der Waals surface area contributed by atoms with Crippen LogP contribution in [0.5, 0.6) is 0 Å². The molecule has 0 amide bonds. The molecule has 4 aliphatic carbocycles. The van der Waals surface area contributed by atoms with E-state index >= 15 is 0 Å². The Balaban J connectivity index is 1.80. The van der Waals surface area contributed by atoms with Crippen molar-refractivity contribution in [3.63, 3.8) is 0 Å². The largest absolute Gasteiger partial charge is 0.396 e. The molecule has 0 aromatic heterocycles. The van der Waals surface area contributed by atoms with E-state index in [0.29, 0.717) is 24.0 Å². The van der Waals surface area contributed by atoms with Crippen LogP contribution in [0.3, 0.4) is 0 Å².